The van der Waals surface area contributed by atoms with Crippen molar-refractivity contribution in [3.8, 4) is 0 Å². The van der Waals surface area contributed by atoms with Gasteiger partial charge in [0, 0.05) is 6.07 Å². The summed E-state index contributed by atoms with van der Waals surface area (Å²) in [6.45, 7) is 0. The van der Waals surface area contributed by atoms with E-state index in [9.17, 15) is 19.7 Å². The Hall–Kier alpha value is -2.18. The van der Waals surface area contributed by atoms with Crippen molar-refractivity contribution < 1.29 is 19.6 Å². The fraction of sp³-hybridized carbons (Fsp3) is 0.143. The van der Waals surface area contributed by atoms with Crippen molar-refractivity contribution in [1.29, 1.82) is 0 Å². The minimum Gasteiger partial charge on any atom is -0.475 e. The highest BCUT2D eigenvalue weighted by atomic mass is 16.6. The first kappa shape index (κ1) is 9.90. The second-order valence-electron chi connectivity index (χ2n) is 2.55. The summed E-state index contributed by atoms with van der Waals surface area (Å²) in [4.78, 5) is 30.7. The molecule has 7 heteroatoms. The zero-order chi connectivity index (χ0) is 10.9. The van der Waals surface area contributed by atoms with E-state index in [2.05, 4.69) is 0 Å². The van der Waals surface area contributed by atoms with Gasteiger partial charge in [0.15, 0.2) is 6.29 Å². The topological polar surface area (TPSA) is 102 Å². The van der Waals surface area contributed by atoms with E-state index in [1.807, 2.05) is 0 Å². The Bertz CT molecular complexity index is 420. The third-order valence-corrected chi connectivity index (χ3v) is 1.75. The molecule has 0 saturated carbocycles. The van der Waals surface area contributed by atoms with Gasteiger partial charge in [0.1, 0.15) is 5.56 Å². The van der Waals surface area contributed by atoms with E-state index >= 15 is 0 Å². The Balaban J connectivity index is 3.48. The molecule has 74 valence electrons. The first-order valence-electron chi connectivity index (χ1n) is 3.51. The molecular formula is C7H6N2O5. The number of carbonyl (C=O) groups excluding carboxylic acids is 1. The SMILES string of the molecule is Cn1c(C(=O)O)cc(C=O)c1[N+](=O)[O-]. The second kappa shape index (κ2) is 3.29. The normalized spacial score (nSPS) is 9.79. The van der Waals surface area contributed by atoms with Crippen molar-refractivity contribution >= 4 is 18.1 Å². The Labute approximate surface area is 77.7 Å². The molecule has 0 aliphatic heterocycles. The Morgan fingerprint density at radius 1 is 1.71 bits per heavy atom. The quantitative estimate of drug-likeness (QED) is 0.431. The van der Waals surface area contributed by atoms with Gasteiger partial charge in [0.25, 0.3) is 0 Å². The highest BCUT2D eigenvalue weighted by Crippen LogP contribution is 2.20. The first-order valence-corrected chi connectivity index (χ1v) is 3.51. The molecule has 1 heterocycles. The summed E-state index contributed by atoms with van der Waals surface area (Å²) in [5.41, 5.74) is -0.534. The van der Waals surface area contributed by atoms with Gasteiger partial charge in [-0.25, -0.2) is 9.36 Å². The molecule has 1 aromatic rings. The lowest BCUT2D eigenvalue weighted by Gasteiger charge is -1.96. The lowest BCUT2D eigenvalue weighted by molar-refractivity contribution is -0.391. The van der Waals surface area contributed by atoms with Gasteiger partial charge in [-0.2, -0.15) is 0 Å². The number of hydrogen-bond donors (Lipinski definition) is 1. The Morgan fingerprint density at radius 2 is 2.29 bits per heavy atom. The maximum Gasteiger partial charge on any atom is 0.376 e. The largest absolute Gasteiger partial charge is 0.475 e. The molecule has 7 nitrogen and oxygen atoms in total. The van der Waals surface area contributed by atoms with Gasteiger partial charge >= 0.3 is 11.8 Å². The summed E-state index contributed by atoms with van der Waals surface area (Å²) in [6, 6.07) is 0.966. The van der Waals surface area contributed by atoms with Gasteiger partial charge in [-0.1, -0.05) is 0 Å². The number of rotatable bonds is 3. The van der Waals surface area contributed by atoms with E-state index in [-0.39, 0.29) is 17.5 Å². The number of aldehydes is 1. The lowest BCUT2D eigenvalue weighted by atomic mass is 10.3. The van der Waals surface area contributed by atoms with E-state index < -0.39 is 16.7 Å². The molecule has 0 bridgehead atoms. The summed E-state index contributed by atoms with van der Waals surface area (Å²) < 4.78 is 0.853. The van der Waals surface area contributed by atoms with E-state index in [0.717, 1.165) is 10.6 Å². The van der Waals surface area contributed by atoms with Crippen molar-refractivity contribution in [1.82, 2.24) is 4.57 Å². The van der Waals surface area contributed by atoms with E-state index in [1.165, 1.54) is 7.05 Å². The van der Waals surface area contributed by atoms with E-state index in [4.69, 9.17) is 5.11 Å². The summed E-state index contributed by atoms with van der Waals surface area (Å²) >= 11 is 0. The van der Waals surface area contributed by atoms with Crippen LogP contribution in [0.2, 0.25) is 0 Å². The second-order valence-corrected chi connectivity index (χ2v) is 2.55. The molecule has 0 fully saturated rings. The van der Waals surface area contributed by atoms with Crippen LogP contribution < -0.4 is 0 Å². The third-order valence-electron chi connectivity index (χ3n) is 1.75. The summed E-state index contributed by atoms with van der Waals surface area (Å²) in [5, 5.41) is 19.1. The minimum atomic E-state index is -1.32. The highest BCUT2D eigenvalue weighted by Gasteiger charge is 2.25. The molecule has 0 aromatic carbocycles. The van der Waals surface area contributed by atoms with Crippen molar-refractivity contribution in [2.45, 2.75) is 0 Å². The van der Waals surface area contributed by atoms with Crippen molar-refractivity contribution in [3.63, 3.8) is 0 Å². The maximum absolute atomic E-state index is 10.6. The van der Waals surface area contributed by atoms with Gasteiger partial charge in [-0.3, -0.25) is 4.79 Å². The number of nitro groups is 1. The third kappa shape index (κ3) is 1.35. The van der Waals surface area contributed by atoms with Crippen LogP contribution in [-0.4, -0.2) is 26.9 Å². The number of aromatic carboxylic acids is 1. The van der Waals surface area contributed by atoms with Crippen molar-refractivity contribution in [2.24, 2.45) is 7.05 Å². The molecule has 0 amide bonds. The number of carbonyl (C=O) groups is 2. The number of nitrogens with zero attached hydrogens (tertiary/aromatic N) is 2. The lowest BCUT2D eigenvalue weighted by Crippen LogP contribution is -2.06. The molecule has 1 rings (SSSR count). The van der Waals surface area contributed by atoms with Crippen LogP contribution >= 0.6 is 0 Å². The van der Waals surface area contributed by atoms with Gasteiger partial charge in [0.2, 0.25) is 5.69 Å². The van der Waals surface area contributed by atoms with Crippen LogP contribution in [0.3, 0.4) is 0 Å². The first-order chi connectivity index (χ1) is 6.49. The summed E-state index contributed by atoms with van der Waals surface area (Å²) in [7, 11) is 1.22. The fourth-order valence-corrected chi connectivity index (χ4v) is 1.14. The van der Waals surface area contributed by atoms with Gasteiger partial charge in [0.05, 0.1) is 7.05 Å². The number of aromatic nitrogens is 1. The molecule has 0 saturated heterocycles. The van der Waals surface area contributed by atoms with Crippen LogP contribution in [0.15, 0.2) is 6.07 Å². The molecule has 0 aliphatic carbocycles. The average Bonchev–Trinajstić information content (AvgIpc) is 2.42. The maximum atomic E-state index is 10.6. The van der Waals surface area contributed by atoms with Gasteiger partial charge in [-0.15, -0.1) is 0 Å². The highest BCUT2D eigenvalue weighted by molar-refractivity contribution is 5.91. The van der Waals surface area contributed by atoms with Crippen LogP contribution in [0.25, 0.3) is 0 Å². The monoisotopic (exact) mass is 198 g/mol. The minimum absolute atomic E-state index is 0.241. The molecule has 0 atom stereocenters. The molecule has 0 unspecified atom stereocenters. The fourth-order valence-electron chi connectivity index (χ4n) is 1.14. The van der Waals surface area contributed by atoms with Crippen LogP contribution in [-0.2, 0) is 7.05 Å². The van der Waals surface area contributed by atoms with Crippen LogP contribution in [0.1, 0.15) is 20.8 Å². The molecule has 0 spiro atoms. The van der Waals surface area contributed by atoms with Crippen LogP contribution in [0.4, 0.5) is 5.82 Å². The zero-order valence-electron chi connectivity index (χ0n) is 7.13. The summed E-state index contributed by atoms with van der Waals surface area (Å²) in [6.07, 6.45) is 0.255. The summed E-state index contributed by atoms with van der Waals surface area (Å²) in [5.74, 6) is -1.83. The smallest absolute Gasteiger partial charge is 0.376 e. The molecule has 14 heavy (non-hydrogen) atoms. The molecule has 0 radical (unpaired) electrons. The Morgan fingerprint density at radius 3 is 2.57 bits per heavy atom. The number of hydrogen-bond acceptors (Lipinski definition) is 4. The van der Waals surface area contributed by atoms with Crippen LogP contribution in [0.5, 0.6) is 0 Å². The predicted molar refractivity (Wildman–Crippen MR) is 44.4 cm³/mol. The molecule has 1 aromatic heterocycles. The molecule has 0 aliphatic rings. The number of carboxylic acids is 1. The molecular weight excluding hydrogens is 192 g/mol. The number of carboxylic acid groups (broad SMARTS) is 1. The van der Waals surface area contributed by atoms with E-state index in [0.29, 0.717) is 0 Å². The van der Waals surface area contributed by atoms with Gasteiger partial charge in [-0.05, 0) is 4.92 Å². The standard InChI is InChI=1S/C7H6N2O5/c1-8-5(7(11)12)2-4(3-10)6(8)9(13)14/h2-3H,1H3,(H,11,12). The molecule has 1 N–H and O–H groups in total. The average molecular weight is 198 g/mol. The van der Waals surface area contributed by atoms with Crippen LogP contribution in [0, 0.1) is 10.1 Å². The van der Waals surface area contributed by atoms with Crippen molar-refractivity contribution in [3.05, 3.63) is 27.4 Å². The van der Waals surface area contributed by atoms with E-state index in [1.54, 1.807) is 0 Å². The van der Waals surface area contributed by atoms with Gasteiger partial charge < -0.3 is 15.2 Å². The predicted octanol–water partition coefficient (Wildman–Crippen LogP) is 0.444. The zero-order valence-corrected chi connectivity index (χ0v) is 7.13. The Kier molecular flexibility index (Phi) is 2.32. The van der Waals surface area contributed by atoms with Crippen molar-refractivity contribution in [2.75, 3.05) is 0 Å².